The molecule has 0 saturated carbocycles. The SMILES string of the molecule is CC[C@@H](C)NC(=O)CN(c1ccc(Cl)cc1)S(=O)(=O)c1ccccc1. The van der Waals surface area contributed by atoms with Gasteiger partial charge in [-0.3, -0.25) is 9.10 Å². The predicted octanol–water partition coefficient (Wildman–Crippen LogP) is 3.45. The number of anilines is 1. The molecule has 0 aromatic heterocycles. The molecule has 7 heteroatoms. The van der Waals surface area contributed by atoms with Crippen LogP contribution < -0.4 is 9.62 Å². The minimum atomic E-state index is -3.88. The lowest BCUT2D eigenvalue weighted by atomic mass is 10.2. The van der Waals surface area contributed by atoms with Crippen LogP contribution in [0.25, 0.3) is 0 Å². The molecule has 0 heterocycles. The van der Waals surface area contributed by atoms with Gasteiger partial charge in [-0.05, 0) is 49.7 Å². The van der Waals surface area contributed by atoms with Crippen LogP contribution >= 0.6 is 11.6 Å². The number of hydrogen-bond donors (Lipinski definition) is 1. The van der Waals surface area contributed by atoms with Crippen LogP contribution in [0.3, 0.4) is 0 Å². The van der Waals surface area contributed by atoms with Crippen molar-refractivity contribution in [2.24, 2.45) is 0 Å². The van der Waals surface area contributed by atoms with Crippen LogP contribution in [0.15, 0.2) is 59.5 Å². The normalized spacial score (nSPS) is 12.4. The van der Waals surface area contributed by atoms with E-state index in [0.717, 1.165) is 10.7 Å². The molecule has 1 N–H and O–H groups in total. The van der Waals surface area contributed by atoms with Gasteiger partial charge >= 0.3 is 0 Å². The van der Waals surface area contributed by atoms with E-state index >= 15 is 0 Å². The first-order chi connectivity index (χ1) is 11.8. The monoisotopic (exact) mass is 380 g/mol. The van der Waals surface area contributed by atoms with E-state index in [4.69, 9.17) is 11.6 Å². The molecule has 2 aromatic carbocycles. The highest BCUT2D eigenvalue weighted by Gasteiger charge is 2.27. The van der Waals surface area contributed by atoms with Gasteiger partial charge in [-0.15, -0.1) is 0 Å². The van der Waals surface area contributed by atoms with E-state index in [2.05, 4.69) is 5.32 Å². The zero-order valence-electron chi connectivity index (χ0n) is 14.1. The van der Waals surface area contributed by atoms with Crippen molar-refractivity contribution in [1.29, 1.82) is 0 Å². The zero-order valence-corrected chi connectivity index (χ0v) is 15.7. The summed E-state index contributed by atoms with van der Waals surface area (Å²) >= 11 is 5.89. The second-order valence-electron chi connectivity index (χ2n) is 5.68. The van der Waals surface area contributed by atoms with Crippen molar-refractivity contribution >= 4 is 33.2 Å². The third kappa shape index (κ3) is 4.96. The average Bonchev–Trinajstić information content (AvgIpc) is 2.61. The molecule has 0 spiro atoms. The van der Waals surface area contributed by atoms with E-state index in [9.17, 15) is 13.2 Å². The molecule has 0 aliphatic carbocycles. The molecular weight excluding hydrogens is 360 g/mol. The van der Waals surface area contributed by atoms with Gasteiger partial charge in [0.05, 0.1) is 10.6 Å². The fourth-order valence-electron chi connectivity index (χ4n) is 2.20. The number of nitrogens with one attached hydrogen (secondary N) is 1. The van der Waals surface area contributed by atoms with Gasteiger partial charge in [0.2, 0.25) is 5.91 Å². The number of benzene rings is 2. The maximum absolute atomic E-state index is 13.0. The Balaban J connectivity index is 2.39. The largest absolute Gasteiger partial charge is 0.352 e. The maximum atomic E-state index is 13.0. The molecule has 2 aromatic rings. The van der Waals surface area contributed by atoms with Crippen molar-refractivity contribution in [2.75, 3.05) is 10.8 Å². The standard InChI is InChI=1S/C18H21ClN2O3S/c1-3-14(2)20-18(22)13-21(16-11-9-15(19)10-12-16)25(23,24)17-7-5-4-6-8-17/h4-12,14H,3,13H2,1-2H3,(H,20,22)/t14-/m1/s1. The first-order valence-electron chi connectivity index (χ1n) is 7.97. The van der Waals surface area contributed by atoms with Gasteiger partial charge in [0.1, 0.15) is 6.54 Å². The number of amides is 1. The molecular formula is C18H21ClN2O3S. The zero-order chi connectivity index (χ0) is 18.4. The summed E-state index contributed by atoms with van der Waals surface area (Å²) in [6, 6.07) is 14.4. The number of rotatable bonds is 7. The number of hydrogen-bond acceptors (Lipinski definition) is 3. The molecule has 2 rings (SSSR count). The number of sulfonamides is 1. The Labute approximate surface area is 153 Å². The third-order valence-electron chi connectivity index (χ3n) is 3.75. The highest BCUT2D eigenvalue weighted by molar-refractivity contribution is 7.92. The first-order valence-corrected chi connectivity index (χ1v) is 9.79. The van der Waals surface area contributed by atoms with Crippen molar-refractivity contribution in [1.82, 2.24) is 5.32 Å². The van der Waals surface area contributed by atoms with Crippen molar-refractivity contribution in [3.8, 4) is 0 Å². The molecule has 0 fully saturated rings. The second-order valence-corrected chi connectivity index (χ2v) is 7.98. The van der Waals surface area contributed by atoms with Gasteiger partial charge in [-0.1, -0.05) is 36.7 Å². The average molecular weight is 381 g/mol. The van der Waals surface area contributed by atoms with Gasteiger partial charge in [-0.2, -0.15) is 0 Å². The number of carbonyl (C=O) groups is 1. The van der Waals surface area contributed by atoms with Crippen LogP contribution in [0.2, 0.25) is 5.02 Å². The molecule has 134 valence electrons. The smallest absolute Gasteiger partial charge is 0.264 e. The molecule has 0 aliphatic rings. The van der Waals surface area contributed by atoms with Crippen LogP contribution in [0, 0.1) is 0 Å². The quantitative estimate of drug-likeness (QED) is 0.800. The molecule has 1 atom stereocenters. The van der Waals surface area contributed by atoms with E-state index in [0.29, 0.717) is 10.7 Å². The van der Waals surface area contributed by atoms with Gasteiger partial charge in [-0.25, -0.2) is 8.42 Å². The summed E-state index contributed by atoms with van der Waals surface area (Å²) in [5, 5.41) is 3.28. The fraction of sp³-hybridized carbons (Fsp3) is 0.278. The fourth-order valence-corrected chi connectivity index (χ4v) is 3.76. The van der Waals surface area contributed by atoms with Crippen molar-refractivity contribution in [2.45, 2.75) is 31.2 Å². The number of halogens is 1. The Morgan fingerprint density at radius 2 is 1.72 bits per heavy atom. The molecule has 5 nitrogen and oxygen atoms in total. The van der Waals surface area contributed by atoms with Crippen molar-refractivity contribution in [3.05, 3.63) is 59.6 Å². The highest BCUT2D eigenvalue weighted by atomic mass is 35.5. The second kappa shape index (κ2) is 8.36. The third-order valence-corrected chi connectivity index (χ3v) is 5.79. The molecule has 0 aliphatic heterocycles. The first kappa shape index (κ1) is 19.3. The van der Waals surface area contributed by atoms with Crippen molar-refractivity contribution in [3.63, 3.8) is 0 Å². The van der Waals surface area contributed by atoms with Gasteiger partial charge in [0.15, 0.2) is 0 Å². The summed E-state index contributed by atoms with van der Waals surface area (Å²) in [5.74, 6) is -0.358. The lowest BCUT2D eigenvalue weighted by Crippen LogP contribution is -2.43. The summed E-state index contributed by atoms with van der Waals surface area (Å²) in [6.07, 6.45) is 0.762. The van der Waals surface area contributed by atoms with Gasteiger partial charge in [0.25, 0.3) is 10.0 Å². The Morgan fingerprint density at radius 3 is 2.28 bits per heavy atom. The van der Waals surface area contributed by atoms with Crippen LogP contribution in [-0.2, 0) is 14.8 Å². The van der Waals surface area contributed by atoms with E-state index in [-0.39, 0.29) is 23.4 Å². The van der Waals surface area contributed by atoms with Gasteiger partial charge in [0, 0.05) is 11.1 Å². The predicted molar refractivity (Wildman–Crippen MR) is 100 cm³/mol. The Kier molecular flexibility index (Phi) is 6.45. The minimum absolute atomic E-state index is 0.0287. The molecule has 25 heavy (non-hydrogen) atoms. The maximum Gasteiger partial charge on any atom is 0.264 e. The van der Waals surface area contributed by atoms with E-state index in [1.807, 2.05) is 13.8 Å². The molecule has 0 unspecified atom stereocenters. The number of nitrogens with zero attached hydrogens (tertiary/aromatic N) is 1. The Hall–Kier alpha value is -2.05. The van der Waals surface area contributed by atoms with E-state index in [1.54, 1.807) is 42.5 Å². The molecule has 0 saturated heterocycles. The van der Waals surface area contributed by atoms with Crippen LogP contribution in [0.4, 0.5) is 5.69 Å². The summed E-state index contributed by atoms with van der Waals surface area (Å²) in [4.78, 5) is 12.4. The van der Waals surface area contributed by atoms with E-state index in [1.165, 1.54) is 12.1 Å². The molecule has 0 radical (unpaired) electrons. The van der Waals surface area contributed by atoms with Crippen LogP contribution in [-0.4, -0.2) is 26.9 Å². The number of carbonyl (C=O) groups excluding carboxylic acids is 1. The van der Waals surface area contributed by atoms with Gasteiger partial charge < -0.3 is 5.32 Å². The highest BCUT2D eigenvalue weighted by Crippen LogP contribution is 2.25. The molecule has 0 bridgehead atoms. The topological polar surface area (TPSA) is 66.5 Å². The van der Waals surface area contributed by atoms with Crippen LogP contribution in [0.1, 0.15) is 20.3 Å². The lowest BCUT2D eigenvalue weighted by molar-refractivity contribution is -0.120. The summed E-state index contributed by atoms with van der Waals surface area (Å²) < 4.78 is 27.1. The molecule has 1 amide bonds. The van der Waals surface area contributed by atoms with Crippen LogP contribution in [0.5, 0.6) is 0 Å². The minimum Gasteiger partial charge on any atom is -0.352 e. The van der Waals surface area contributed by atoms with E-state index < -0.39 is 10.0 Å². The Bertz CT molecular complexity index is 808. The summed E-state index contributed by atoms with van der Waals surface area (Å²) in [7, 11) is -3.88. The summed E-state index contributed by atoms with van der Waals surface area (Å²) in [6.45, 7) is 3.52. The summed E-state index contributed by atoms with van der Waals surface area (Å²) in [5.41, 5.74) is 0.382. The van der Waals surface area contributed by atoms with Crippen molar-refractivity contribution < 1.29 is 13.2 Å². The lowest BCUT2D eigenvalue weighted by Gasteiger charge is -2.25. The Morgan fingerprint density at radius 1 is 1.12 bits per heavy atom.